The van der Waals surface area contributed by atoms with Crippen LogP contribution in [0.5, 0.6) is 5.75 Å². The van der Waals surface area contributed by atoms with Gasteiger partial charge in [-0.15, -0.1) is 0 Å². The van der Waals surface area contributed by atoms with Crippen LogP contribution in [-0.2, 0) is 11.3 Å². The van der Waals surface area contributed by atoms with E-state index in [1.165, 1.54) is 17.1 Å². The van der Waals surface area contributed by atoms with Crippen LogP contribution in [0.2, 0.25) is 0 Å². The molecule has 2 amide bonds. The molecule has 32 heavy (non-hydrogen) atoms. The van der Waals surface area contributed by atoms with Gasteiger partial charge in [-0.05, 0) is 49.6 Å². The van der Waals surface area contributed by atoms with E-state index in [0.717, 1.165) is 30.9 Å². The molecule has 1 aliphatic heterocycles. The fourth-order valence-electron chi connectivity index (χ4n) is 3.68. The average molecular weight is 456 g/mol. The molecule has 6 nitrogen and oxygen atoms in total. The minimum absolute atomic E-state index is 0.0383. The standard InChI is InChI=1S/C25H33N3O3S/c1-3-31-23-11-5-4-9-21(23)25(30)26-13-7-12-24(29)27-22-10-6-8-20(19(22)2)18-28-14-16-32-17-15-28/h4-6,8-11H,3,7,12-18H2,1-2H3,(H,26,30)(H,27,29). The predicted octanol–water partition coefficient (Wildman–Crippen LogP) is 4.09. The molecule has 7 heteroatoms. The summed E-state index contributed by atoms with van der Waals surface area (Å²) in [6, 6.07) is 13.3. The number of carbonyl (C=O) groups excluding carboxylic acids is 2. The van der Waals surface area contributed by atoms with E-state index in [-0.39, 0.29) is 11.8 Å². The van der Waals surface area contributed by atoms with Crippen LogP contribution in [0.4, 0.5) is 5.69 Å². The van der Waals surface area contributed by atoms with E-state index in [9.17, 15) is 9.59 Å². The van der Waals surface area contributed by atoms with Gasteiger partial charge in [-0.1, -0.05) is 24.3 Å². The number of anilines is 1. The van der Waals surface area contributed by atoms with Crippen molar-refractivity contribution >= 4 is 29.3 Å². The zero-order chi connectivity index (χ0) is 22.8. The first kappa shape index (κ1) is 24.1. The van der Waals surface area contributed by atoms with Crippen molar-refractivity contribution in [1.82, 2.24) is 10.2 Å². The molecule has 0 bridgehead atoms. The van der Waals surface area contributed by atoms with Crippen molar-refractivity contribution in [3.05, 3.63) is 59.2 Å². The second kappa shape index (κ2) is 12.5. The Morgan fingerprint density at radius 2 is 1.88 bits per heavy atom. The molecule has 0 aromatic heterocycles. The molecule has 1 fully saturated rings. The number of carbonyl (C=O) groups is 2. The first-order valence-corrected chi connectivity index (χ1v) is 12.4. The molecule has 1 saturated heterocycles. The van der Waals surface area contributed by atoms with Crippen molar-refractivity contribution in [2.45, 2.75) is 33.2 Å². The van der Waals surface area contributed by atoms with Gasteiger partial charge in [0.2, 0.25) is 5.91 Å². The normalized spacial score (nSPS) is 14.1. The number of para-hydroxylation sites is 1. The van der Waals surface area contributed by atoms with Gasteiger partial charge in [0.15, 0.2) is 0 Å². The Labute approximate surface area is 195 Å². The van der Waals surface area contributed by atoms with Gasteiger partial charge in [-0.3, -0.25) is 14.5 Å². The first-order chi connectivity index (χ1) is 15.6. The van der Waals surface area contributed by atoms with E-state index < -0.39 is 0 Å². The highest BCUT2D eigenvalue weighted by molar-refractivity contribution is 7.99. The summed E-state index contributed by atoms with van der Waals surface area (Å²) in [5, 5.41) is 5.92. The van der Waals surface area contributed by atoms with Crippen molar-refractivity contribution in [3.63, 3.8) is 0 Å². The lowest BCUT2D eigenvalue weighted by Gasteiger charge is -2.27. The molecule has 1 heterocycles. The van der Waals surface area contributed by atoms with Crippen LogP contribution in [0.1, 0.15) is 41.3 Å². The second-order valence-corrected chi connectivity index (χ2v) is 9.04. The van der Waals surface area contributed by atoms with Gasteiger partial charge in [0, 0.05) is 49.8 Å². The molecule has 0 radical (unpaired) electrons. The van der Waals surface area contributed by atoms with Gasteiger partial charge in [0.05, 0.1) is 12.2 Å². The molecule has 172 valence electrons. The van der Waals surface area contributed by atoms with Crippen LogP contribution in [0.15, 0.2) is 42.5 Å². The first-order valence-electron chi connectivity index (χ1n) is 11.3. The highest BCUT2D eigenvalue weighted by atomic mass is 32.2. The van der Waals surface area contributed by atoms with Crippen molar-refractivity contribution in [3.8, 4) is 5.75 Å². The van der Waals surface area contributed by atoms with E-state index in [1.807, 2.05) is 43.0 Å². The largest absolute Gasteiger partial charge is 0.493 e. The molecular weight excluding hydrogens is 422 g/mol. The van der Waals surface area contributed by atoms with Gasteiger partial charge in [0.25, 0.3) is 5.91 Å². The number of nitrogens with one attached hydrogen (secondary N) is 2. The molecule has 0 saturated carbocycles. The van der Waals surface area contributed by atoms with Gasteiger partial charge in [-0.25, -0.2) is 0 Å². The molecule has 0 spiro atoms. The molecular formula is C25H33N3O3S. The molecule has 0 aliphatic carbocycles. The summed E-state index contributed by atoms with van der Waals surface area (Å²) < 4.78 is 5.51. The number of benzene rings is 2. The van der Waals surface area contributed by atoms with Crippen LogP contribution >= 0.6 is 11.8 Å². The number of rotatable bonds is 10. The van der Waals surface area contributed by atoms with Crippen molar-refractivity contribution < 1.29 is 14.3 Å². The number of thioether (sulfide) groups is 1. The molecule has 1 aliphatic rings. The quantitative estimate of drug-likeness (QED) is 0.528. The van der Waals surface area contributed by atoms with E-state index >= 15 is 0 Å². The zero-order valence-electron chi connectivity index (χ0n) is 19.0. The van der Waals surface area contributed by atoms with E-state index in [0.29, 0.717) is 37.3 Å². The summed E-state index contributed by atoms with van der Waals surface area (Å²) in [4.78, 5) is 27.4. The summed E-state index contributed by atoms with van der Waals surface area (Å²) in [6.07, 6.45) is 0.916. The van der Waals surface area contributed by atoms with Crippen LogP contribution in [0.3, 0.4) is 0 Å². The fourth-order valence-corrected chi connectivity index (χ4v) is 4.66. The van der Waals surface area contributed by atoms with Gasteiger partial charge in [0.1, 0.15) is 5.75 Å². The number of ether oxygens (including phenoxy) is 1. The van der Waals surface area contributed by atoms with Crippen LogP contribution in [0.25, 0.3) is 0 Å². The molecule has 2 N–H and O–H groups in total. The topological polar surface area (TPSA) is 70.7 Å². The van der Waals surface area contributed by atoms with Crippen molar-refractivity contribution in [2.75, 3.05) is 43.1 Å². The van der Waals surface area contributed by atoms with Crippen LogP contribution in [0, 0.1) is 6.92 Å². The number of nitrogens with zero attached hydrogens (tertiary/aromatic N) is 1. The second-order valence-electron chi connectivity index (χ2n) is 7.82. The third-order valence-corrected chi connectivity index (χ3v) is 6.46. The average Bonchev–Trinajstić information content (AvgIpc) is 2.80. The lowest BCUT2D eigenvalue weighted by Crippen LogP contribution is -2.32. The Balaban J connectivity index is 1.45. The van der Waals surface area contributed by atoms with Crippen molar-refractivity contribution in [2.24, 2.45) is 0 Å². The SMILES string of the molecule is CCOc1ccccc1C(=O)NCCCC(=O)Nc1cccc(CN2CCSCC2)c1C. The van der Waals surface area contributed by atoms with Gasteiger partial charge < -0.3 is 15.4 Å². The minimum atomic E-state index is -0.186. The highest BCUT2D eigenvalue weighted by Crippen LogP contribution is 2.22. The summed E-state index contributed by atoms with van der Waals surface area (Å²) in [5.41, 5.74) is 3.77. The lowest BCUT2D eigenvalue weighted by atomic mass is 10.1. The highest BCUT2D eigenvalue weighted by Gasteiger charge is 2.14. The van der Waals surface area contributed by atoms with Crippen molar-refractivity contribution in [1.29, 1.82) is 0 Å². The van der Waals surface area contributed by atoms with Gasteiger partial charge in [-0.2, -0.15) is 11.8 Å². The smallest absolute Gasteiger partial charge is 0.255 e. The Hall–Kier alpha value is -2.51. The Morgan fingerprint density at radius 3 is 2.66 bits per heavy atom. The maximum absolute atomic E-state index is 12.5. The number of amides is 2. The van der Waals surface area contributed by atoms with E-state index in [2.05, 4.69) is 28.5 Å². The molecule has 0 atom stereocenters. The maximum Gasteiger partial charge on any atom is 0.255 e. The van der Waals surface area contributed by atoms with E-state index in [1.54, 1.807) is 12.1 Å². The summed E-state index contributed by atoms with van der Waals surface area (Å²) in [5.74, 6) is 2.72. The fraction of sp³-hybridized carbons (Fsp3) is 0.440. The molecule has 2 aromatic carbocycles. The molecule has 0 unspecified atom stereocenters. The van der Waals surface area contributed by atoms with Crippen LogP contribution in [-0.4, -0.2) is 54.5 Å². The summed E-state index contributed by atoms with van der Waals surface area (Å²) >= 11 is 2.01. The Kier molecular flexibility index (Phi) is 9.43. The number of hydrogen-bond donors (Lipinski definition) is 2. The Bertz CT molecular complexity index is 913. The number of hydrogen-bond acceptors (Lipinski definition) is 5. The monoisotopic (exact) mass is 455 g/mol. The third kappa shape index (κ3) is 7.00. The lowest BCUT2D eigenvalue weighted by molar-refractivity contribution is -0.116. The Morgan fingerprint density at radius 1 is 1.09 bits per heavy atom. The minimum Gasteiger partial charge on any atom is -0.493 e. The summed E-state index contributed by atoms with van der Waals surface area (Å²) in [6.45, 7) is 8.03. The molecule has 3 rings (SSSR count). The summed E-state index contributed by atoms with van der Waals surface area (Å²) in [7, 11) is 0. The van der Waals surface area contributed by atoms with Gasteiger partial charge >= 0.3 is 0 Å². The molecule has 2 aromatic rings. The third-order valence-electron chi connectivity index (χ3n) is 5.52. The predicted molar refractivity (Wildman–Crippen MR) is 132 cm³/mol. The zero-order valence-corrected chi connectivity index (χ0v) is 19.8. The van der Waals surface area contributed by atoms with Crippen LogP contribution < -0.4 is 15.4 Å². The van der Waals surface area contributed by atoms with E-state index in [4.69, 9.17) is 4.74 Å². The maximum atomic E-state index is 12.5.